The molecule has 0 spiro atoms. The number of hydrogen-bond donors (Lipinski definition) is 3. The number of nitro groups is 1. The standard InChI is InChI=1S/C9H14N4O4S/c10-8-6-7(13(14)15)2-3-9(8)12-4-1-5-18(11,16)17/h2-3,6,12H,1,4-5,10H2,(H2,11,16,17). The van der Waals surface area contributed by atoms with Crippen molar-refractivity contribution in [3.63, 3.8) is 0 Å². The summed E-state index contributed by atoms with van der Waals surface area (Å²) in [5, 5.41) is 18.2. The molecule has 0 unspecified atom stereocenters. The van der Waals surface area contributed by atoms with Gasteiger partial charge in [-0.15, -0.1) is 0 Å². The van der Waals surface area contributed by atoms with Crippen LogP contribution >= 0.6 is 0 Å². The summed E-state index contributed by atoms with van der Waals surface area (Å²) < 4.78 is 21.4. The zero-order chi connectivity index (χ0) is 13.8. The number of nitrogen functional groups attached to an aromatic ring is 1. The van der Waals surface area contributed by atoms with Crippen LogP contribution in [0.25, 0.3) is 0 Å². The van der Waals surface area contributed by atoms with Gasteiger partial charge in [0, 0.05) is 18.7 Å². The Hall–Kier alpha value is -1.87. The van der Waals surface area contributed by atoms with Crippen LogP contribution in [-0.2, 0) is 10.0 Å². The van der Waals surface area contributed by atoms with Crippen molar-refractivity contribution in [2.45, 2.75) is 6.42 Å². The van der Waals surface area contributed by atoms with E-state index in [1.54, 1.807) is 0 Å². The third-order valence-electron chi connectivity index (χ3n) is 2.17. The van der Waals surface area contributed by atoms with Gasteiger partial charge >= 0.3 is 0 Å². The second-order valence-electron chi connectivity index (χ2n) is 3.68. The van der Waals surface area contributed by atoms with Crippen LogP contribution in [0.4, 0.5) is 17.1 Å². The van der Waals surface area contributed by atoms with E-state index >= 15 is 0 Å². The maximum Gasteiger partial charge on any atom is 0.271 e. The van der Waals surface area contributed by atoms with Gasteiger partial charge in [0.2, 0.25) is 10.0 Å². The van der Waals surface area contributed by atoms with E-state index in [2.05, 4.69) is 5.32 Å². The number of nitrogens with zero attached hydrogens (tertiary/aromatic N) is 1. The third kappa shape index (κ3) is 4.55. The van der Waals surface area contributed by atoms with Gasteiger partial charge in [-0.3, -0.25) is 10.1 Å². The summed E-state index contributed by atoms with van der Waals surface area (Å²) in [5.41, 5.74) is 6.28. The van der Waals surface area contributed by atoms with Gasteiger partial charge < -0.3 is 11.1 Å². The molecule has 1 aromatic carbocycles. The molecule has 0 aliphatic carbocycles. The van der Waals surface area contributed by atoms with Gasteiger partial charge in [-0.1, -0.05) is 0 Å². The Morgan fingerprint density at radius 2 is 2.06 bits per heavy atom. The van der Waals surface area contributed by atoms with Crippen molar-refractivity contribution in [1.29, 1.82) is 0 Å². The maximum absolute atomic E-state index is 10.7. The van der Waals surface area contributed by atoms with Crippen molar-refractivity contribution < 1.29 is 13.3 Å². The molecular weight excluding hydrogens is 260 g/mol. The number of benzene rings is 1. The van der Waals surface area contributed by atoms with Crippen molar-refractivity contribution in [3.8, 4) is 0 Å². The Balaban J connectivity index is 2.56. The Morgan fingerprint density at radius 1 is 1.39 bits per heavy atom. The fourth-order valence-corrected chi connectivity index (χ4v) is 1.87. The highest BCUT2D eigenvalue weighted by Crippen LogP contribution is 2.23. The molecule has 0 fully saturated rings. The molecule has 1 rings (SSSR count). The molecule has 0 aromatic heterocycles. The number of hydrogen-bond acceptors (Lipinski definition) is 6. The zero-order valence-corrected chi connectivity index (χ0v) is 10.3. The maximum atomic E-state index is 10.7. The molecule has 0 saturated carbocycles. The lowest BCUT2D eigenvalue weighted by Gasteiger charge is -2.08. The average molecular weight is 274 g/mol. The topological polar surface area (TPSA) is 141 Å². The van der Waals surface area contributed by atoms with Crippen molar-refractivity contribution in [2.24, 2.45) is 5.14 Å². The number of non-ortho nitro benzene ring substituents is 1. The predicted molar refractivity (Wildman–Crippen MR) is 68.6 cm³/mol. The van der Waals surface area contributed by atoms with E-state index in [0.717, 1.165) is 0 Å². The summed E-state index contributed by atoms with van der Waals surface area (Å²) >= 11 is 0. The van der Waals surface area contributed by atoms with E-state index in [9.17, 15) is 18.5 Å². The molecule has 0 radical (unpaired) electrons. The predicted octanol–water partition coefficient (Wildman–Crippen LogP) is 0.267. The molecule has 8 nitrogen and oxygen atoms in total. The monoisotopic (exact) mass is 274 g/mol. The molecule has 0 amide bonds. The number of primary sulfonamides is 1. The lowest BCUT2D eigenvalue weighted by molar-refractivity contribution is -0.384. The smallest absolute Gasteiger partial charge is 0.271 e. The van der Waals surface area contributed by atoms with Crippen LogP contribution < -0.4 is 16.2 Å². The number of nitrogens with two attached hydrogens (primary N) is 2. The fraction of sp³-hybridized carbons (Fsp3) is 0.333. The quantitative estimate of drug-likeness (QED) is 0.294. The van der Waals surface area contributed by atoms with Crippen LogP contribution in [0.2, 0.25) is 0 Å². The molecule has 1 aromatic rings. The van der Waals surface area contributed by atoms with Crippen LogP contribution in [0.15, 0.2) is 18.2 Å². The first-order valence-corrected chi connectivity index (χ1v) is 6.79. The van der Waals surface area contributed by atoms with E-state index in [1.165, 1.54) is 18.2 Å². The molecule has 0 bridgehead atoms. The summed E-state index contributed by atoms with van der Waals surface area (Å²) in [6.07, 6.45) is 0.329. The van der Waals surface area contributed by atoms with Crippen LogP contribution in [0.5, 0.6) is 0 Å². The minimum Gasteiger partial charge on any atom is -0.397 e. The lowest BCUT2D eigenvalue weighted by atomic mass is 10.2. The zero-order valence-electron chi connectivity index (χ0n) is 9.50. The van der Waals surface area contributed by atoms with Gasteiger partial charge in [-0.05, 0) is 12.5 Å². The lowest BCUT2D eigenvalue weighted by Crippen LogP contribution is -2.18. The molecule has 0 heterocycles. The summed E-state index contributed by atoms with van der Waals surface area (Å²) in [7, 11) is -3.47. The van der Waals surface area contributed by atoms with E-state index in [0.29, 0.717) is 18.7 Å². The Morgan fingerprint density at radius 3 is 2.56 bits per heavy atom. The van der Waals surface area contributed by atoms with Gasteiger partial charge in [-0.2, -0.15) is 0 Å². The van der Waals surface area contributed by atoms with E-state index < -0.39 is 14.9 Å². The molecule has 0 aliphatic rings. The van der Waals surface area contributed by atoms with Crippen molar-refractivity contribution >= 4 is 27.1 Å². The van der Waals surface area contributed by atoms with Crippen molar-refractivity contribution in [2.75, 3.05) is 23.3 Å². The van der Waals surface area contributed by atoms with Crippen LogP contribution in [0.1, 0.15) is 6.42 Å². The third-order valence-corrected chi connectivity index (χ3v) is 3.02. The van der Waals surface area contributed by atoms with Gasteiger partial charge in [0.1, 0.15) is 0 Å². The molecule has 0 saturated heterocycles. The highest BCUT2D eigenvalue weighted by Gasteiger charge is 2.08. The summed E-state index contributed by atoms with van der Waals surface area (Å²) in [5.74, 6) is -0.132. The molecule has 0 atom stereocenters. The molecule has 0 aliphatic heterocycles. The minimum atomic E-state index is -3.47. The molecule has 100 valence electrons. The molecule has 18 heavy (non-hydrogen) atoms. The fourth-order valence-electron chi connectivity index (χ4n) is 1.32. The van der Waals surface area contributed by atoms with Crippen LogP contribution in [0, 0.1) is 10.1 Å². The Bertz CT molecular complexity index is 543. The summed E-state index contributed by atoms with van der Waals surface area (Å²) in [6, 6.07) is 4.03. The van der Waals surface area contributed by atoms with E-state index in [-0.39, 0.29) is 17.1 Å². The molecular formula is C9H14N4O4S. The van der Waals surface area contributed by atoms with Crippen LogP contribution in [0.3, 0.4) is 0 Å². The van der Waals surface area contributed by atoms with Crippen LogP contribution in [-0.4, -0.2) is 25.6 Å². The second kappa shape index (κ2) is 5.65. The number of rotatable bonds is 6. The average Bonchev–Trinajstić information content (AvgIpc) is 2.24. The van der Waals surface area contributed by atoms with Gasteiger partial charge in [0.15, 0.2) is 0 Å². The Labute approximate surface area is 104 Å². The highest BCUT2D eigenvalue weighted by atomic mass is 32.2. The first-order chi connectivity index (χ1) is 8.29. The number of sulfonamides is 1. The van der Waals surface area contributed by atoms with Crippen molar-refractivity contribution in [3.05, 3.63) is 28.3 Å². The van der Waals surface area contributed by atoms with E-state index in [4.69, 9.17) is 10.9 Å². The number of nitrogens with one attached hydrogen (secondary N) is 1. The SMILES string of the molecule is Nc1cc([N+](=O)[O-])ccc1NCCCS(N)(=O)=O. The molecule has 5 N–H and O–H groups in total. The second-order valence-corrected chi connectivity index (χ2v) is 5.41. The molecule has 9 heteroatoms. The number of anilines is 2. The first kappa shape index (κ1) is 14.2. The normalized spacial score (nSPS) is 11.2. The van der Waals surface area contributed by atoms with Gasteiger partial charge in [0.05, 0.1) is 22.1 Å². The minimum absolute atomic E-state index is 0.0948. The van der Waals surface area contributed by atoms with Crippen molar-refractivity contribution in [1.82, 2.24) is 0 Å². The van der Waals surface area contributed by atoms with Gasteiger partial charge in [0.25, 0.3) is 5.69 Å². The van der Waals surface area contributed by atoms with Gasteiger partial charge in [-0.25, -0.2) is 13.6 Å². The summed E-state index contributed by atoms with van der Waals surface area (Å²) in [6.45, 7) is 0.360. The highest BCUT2D eigenvalue weighted by molar-refractivity contribution is 7.89. The first-order valence-electron chi connectivity index (χ1n) is 5.08. The largest absolute Gasteiger partial charge is 0.397 e. The summed E-state index contributed by atoms with van der Waals surface area (Å²) in [4.78, 5) is 9.94. The van der Waals surface area contributed by atoms with E-state index in [1.807, 2.05) is 0 Å². The number of nitro benzene ring substituents is 1. The Kier molecular flexibility index (Phi) is 4.45.